The van der Waals surface area contributed by atoms with Gasteiger partial charge in [-0.3, -0.25) is 4.98 Å². The molecule has 2 amide bonds. The Labute approximate surface area is 94.6 Å². The molecule has 3 N–H and O–H groups in total. The van der Waals surface area contributed by atoms with Crippen LogP contribution in [0.3, 0.4) is 0 Å². The van der Waals surface area contributed by atoms with Gasteiger partial charge in [0.05, 0.1) is 11.7 Å². The van der Waals surface area contributed by atoms with Crippen molar-refractivity contribution < 1.29 is 4.79 Å². The average molecular weight is 220 g/mol. The van der Waals surface area contributed by atoms with Crippen molar-refractivity contribution in [1.82, 2.24) is 15.2 Å². The number of amides is 2. The van der Waals surface area contributed by atoms with E-state index in [-0.39, 0.29) is 18.1 Å². The van der Waals surface area contributed by atoms with E-state index in [1.54, 1.807) is 11.1 Å². The quantitative estimate of drug-likeness (QED) is 0.779. The fourth-order valence-corrected chi connectivity index (χ4v) is 1.84. The van der Waals surface area contributed by atoms with E-state index >= 15 is 0 Å². The van der Waals surface area contributed by atoms with Crippen LogP contribution in [0, 0.1) is 0 Å². The number of carbonyl (C=O) groups excluding carboxylic acids is 1. The van der Waals surface area contributed by atoms with Crippen LogP contribution in [-0.4, -0.2) is 35.0 Å². The van der Waals surface area contributed by atoms with Gasteiger partial charge < -0.3 is 16.0 Å². The minimum absolute atomic E-state index is 0.00627. The number of nitrogens with zero attached hydrogens (tertiary/aromatic N) is 2. The van der Waals surface area contributed by atoms with Crippen molar-refractivity contribution in [3.8, 4) is 0 Å². The highest BCUT2D eigenvalue weighted by atomic mass is 16.2. The first-order chi connectivity index (χ1) is 7.66. The van der Waals surface area contributed by atoms with E-state index in [1.807, 2.05) is 25.1 Å². The molecule has 5 heteroatoms. The van der Waals surface area contributed by atoms with Crippen LogP contribution in [-0.2, 0) is 0 Å². The second kappa shape index (κ2) is 4.49. The first-order valence-corrected chi connectivity index (χ1v) is 5.39. The summed E-state index contributed by atoms with van der Waals surface area (Å²) in [5.41, 5.74) is 6.57. The maximum atomic E-state index is 11.6. The standard InChI is InChI=1S/C11H16N4O/c1-8(12)6-15-7-10(14-11(15)16)9-4-2-3-5-13-9/h2-5,8,10H,6-7,12H2,1H3,(H,14,16). The summed E-state index contributed by atoms with van der Waals surface area (Å²) < 4.78 is 0. The number of hydrogen-bond donors (Lipinski definition) is 2. The molecule has 1 aliphatic heterocycles. The van der Waals surface area contributed by atoms with E-state index in [1.165, 1.54) is 0 Å². The van der Waals surface area contributed by atoms with Gasteiger partial charge >= 0.3 is 6.03 Å². The molecule has 1 aromatic rings. The van der Waals surface area contributed by atoms with E-state index in [2.05, 4.69) is 10.3 Å². The number of nitrogens with one attached hydrogen (secondary N) is 1. The Bertz CT molecular complexity index is 366. The van der Waals surface area contributed by atoms with E-state index in [0.29, 0.717) is 13.1 Å². The molecular weight excluding hydrogens is 204 g/mol. The molecule has 2 heterocycles. The number of pyridine rings is 1. The summed E-state index contributed by atoms with van der Waals surface area (Å²) in [7, 11) is 0. The van der Waals surface area contributed by atoms with Crippen LogP contribution in [0.15, 0.2) is 24.4 Å². The minimum Gasteiger partial charge on any atom is -0.328 e. The topological polar surface area (TPSA) is 71.2 Å². The third-order valence-electron chi connectivity index (χ3n) is 2.54. The predicted molar refractivity (Wildman–Crippen MR) is 60.7 cm³/mol. The highest BCUT2D eigenvalue weighted by molar-refractivity contribution is 5.77. The Morgan fingerprint density at radius 1 is 1.69 bits per heavy atom. The maximum Gasteiger partial charge on any atom is 0.318 e. The number of hydrogen-bond acceptors (Lipinski definition) is 3. The molecular formula is C11H16N4O. The van der Waals surface area contributed by atoms with Crippen molar-refractivity contribution >= 4 is 6.03 Å². The van der Waals surface area contributed by atoms with Gasteiger partial charge in [0.25, 0.3) is 0 Å². The Hall–Kier alpha value is -1.62. The lowest BCUT2D eigenvalue weighted by molar-refractivity contribution is 0.215. The number of aromatic nitrogens is 1. The molecule has 86 valence electrons. The van der Waals surface area contributed by atoms with Crippen LogP contribution in [0.2, 0.25) is 0 Å². The molecule has 0 radical (unpaired) electrons. The molecule has 1 aliphatic rings. The first-order valence-electron chi connectivity index (χ1n) is 5.39. The number of nitrogens with two attached hydrogens (primary N) is 1. The third-order valence-corrected chi connectivity index (χ3v) is 2.54. The van der Waals surface area contributed by atoms with Gasteiger partial charge in [-0.15, -0.1) is 0 Å². The fourth-order valence-electron chi connectivity index (χ4n) is 1.84. The molecule has 16 heavy (non-hydrogen) atoms. The highest BCUT2D eigenvalue weighted by Crippen LogP contribution is 2.17. The number of rotatable bonds is 3. The van der Waals surface area contributed by atoms with E-state index in [9.17, 15) is 4.79 Å². The van der Waals surface area contributed by atoms with Gasteiger partial charge in [0, 0.05) is 25.3 Å². The molecule has 5 nitrogen and oxygen atoms in total. The molecule has 1 saturated heterocycles. The molecule has 2 unspecified atom stereocenters. The monoisotopic (exact) mass is 220 g/mol. The minimum atomic E-state index is -0.0621. The van der Waals surface area contributed by atoms with Gasteiger partial charge in [0.15, 0.2) is 0 Å². The van der Waals surface area contributed by atoms with E-state index in [4.69, 9.17) is 5.73 Å². The summed E-state index contributed by atoms with van der Waals surface area (Å²) in [5.74, 6) is 0. The molecule has 2 rings (SSSR count). The van der Waals surface area contributed by atoms with Crippen LogP contribution < -0.4 is 11.1 Å². The molecule has 0 bridgehead atoms. The smallest absolute Gasteiger partial charge is 0.318 e. The highest BCUT2D eigenvalue weighted by Gasteiger charge is 2.30. The zero-order chi connectivity index (χ0) is 11.5. The second-order valence-electron chi connectivity index (χ2n) is 4.14. The molecule has 1 fully saturated rings. The Kier molecular flexibility index (Phi) is 3.05. The summed E-state index contributed by atoms with van der Waals surface area (Å²) in [6, 6.07) is 5.61. The van der Waals surface area contributed by atoms with Crippen molar-refractivity contribution in [2.45, 2.75) is 19.0 Å². The molecule has 2 atom stereocenters. The Balaban J connectivity index is 2.04. The largest absolute Gasteiger partial charge is 0.328 e. The lowest BCUT2D eigenvalue weighted by Gasteiger charge is -2.16. The van der Waals surface area contributed by atoms with Crippen LogP contribution in [0.1, 0.15) is 18.7 Å². The van der Waals surface area contributed by atoms with E-state index in [0.717, 1.165) is 5.69 Å². The first kappa shape index (κ1) is 10.9. The lowest BCUT2D eigenvalue weighted by Crippen LogP contribution is -2.37. The van der Waals surface area contributed by atoms with Gasteiger partial charge in [-0.2, -0.15) is 0 Å². The second-order valence-corrected chi connectivity index (χ2v) is 4.14. The summed E-state index contributed by atoms with van der Waals surface area (Å²) in [4.78, 5) is 17.6. The van der Waals surface area contributed by atoms with Crippen molar-refractivity contribution in [2.24, 2.45) is 5.73 Å². The number of urea groups is 1. The van der Waals surface area contributed by atoms with Crippen molar-refractivity contribution in [3.63, 3.8) is 0 Å². The van der Waals surface area contributed by atoms with Gasteiger partial charge in [0.2, 0.25) is 0 Å². The predicted octanol–water partition coefficient (Wildman–Crippen LogP) is 0.495. The Morgan fingerprint density at radius 3 is 3.12 bits per heavy atom. The lowest BCUT2D eigenvalue weighted by atomic mass is 10.2. The zero-order valence-corrected chi connectivity index (χ0v) is 9.26. The fraction of sp³-hybridized carbons (Fsp3) is 0.455. The van der Waals surface area contributed by atoms with Crippen LogP contribution in [0.4, 0.5) is 4.79 Å². The summed E-state index contributed by atoms with van der Waals surface area (Å²) in [5, 5.41) is 2.89. The normalized spacial score (nSPS) is 22.0. The van der Waals surface area contributed by atoms with Gasteiger partial charge in [-0.05, 0) is 19.1 Å². The van der Waals surface area contributed by atoms with E-state index < -0.39 is 0 Å². The summed E-state index contributed by atoms with van der Waals surface area (Å²) in [6.45, 7) is 3.11. The maximum absolute atomic E-state index is 11.6. The molecule has 0 spiro atoms. The Morgan fingerprint density at radius 2 is 2.50 bits per heavy atom. The van der Waals surface area contributed by atoms with Crippen molar-refractivity contribution in [1.29, 1.82) is 0 Å². The van der Waals surface area contributed by atoms with Gasteiger partial charge in [-0.1, -0.05) is 6.07 Å². The molecule has 0 aliphatic carbocycles. The van der Waals surface area contributed by atoms with Gasteiger partial charge in [0.1, 0.15) is 0 Å². The molecule has 0 aromatic carbocycles. The number of carbonyl (C=O) groups is 1. The van der Waals surface area contributed by atoms with Crippen molar-refractivity contribution in [3.05, 3.63) is 30.1 Å². The SMILES string of the molecule is CC(N)CN1CC(c2ccccn2)NC1=O. The third kappa shape index (κ3) is 2.30. The molecule has 0 saturated carbocycles. The summed E-state index contributed by atoms with van der Waals surface area (Å²) in [6.07, 6.45) is 1.73. The van der Waals surface area contributed by atoms with Crippen LogP contribution in [0.5, 0.6) is 0 Å². The molecule has 1 aromatic heterocycles. The average Bonchev–Trinajstić information content (AvgIpc) is 2.61. The van der Waals surface area contributed by atoms with Gasteiger partial charge in [-0.25, -0.2) is 4.79 Å². The van der Waals surface area contributed by atoms with Crippen LogP contribution >= 0.6 is 0 Å². The van der Waals surface area contributed by atoms with Crippen molar-refractivity contribution in [2.75, 3.05) is 13.1 Å². The van der Waals surface area contributed by atoms with Crippen LogP contribution in [0.25, 0.3) is 0 Å². The zero-order valence-electron chi connectivity index (χ0n) is 9.26. The summed E-state index contributed by atoms with van der Waals surface area (Å²) >= 11 is 0.